The molecule has 1 saturated heterocycles. The van der Waals surface area contributed by atoms with Crippen molar-refractivity contribution in [2.45, 2.75) is 51.2 Å². The Morgan fingerprint density at radius 2 is 2.26 bits per heavy atom. The van der Waals surface area contributed by atoms with E-state index in [1.807, 2.05) is 6.07 Å². The maximum absolute atomic E-state index is 5.97. The van der Waals surface area contributed by atoms with Gasteiger partial charge in [-0.3, -0.25) is 5.43 Å². The third-order valence-electron chi connectivity index (χ3n) is 3.92. The molecule has 2 rings (SSSR count). The molecular formula is C13H23N5O. The highest BCUT2D eigenvalue weighted by Crippen LogP contribution is 2.32. The van der Waals surface area contributed by atoms with Gasteiger partial charge in [0.2, 0.25) is 5.95 Å². The highest BCUT2D eigenvalue weighted by Gasteiger charge is 2.34. The first kappa shape index (κ1) is 14.0. The SMILES string of the molecule is CCC1(CC)CC(Nc2ccnc(NN)n2)CCO1. The monoisotopic (exact) mass is 265 g/mol. The summed E-state index contributed by atoms with van der Waals surface area (Å²) in [6.07, 6.45) is 5.78. The van der Waals surface area contributed by atoms with E-state index in [1.165, 1.54) is 0 Å². The predicted octanol–water partition coefficient (Wildman–Crippen LogP) is 1.91. The Morgan fingerprint density at radius 3 is 2.95 bits per heavy atom. The number of nitrogen functional groups attached to an aromatic ring is 1. The lowest BCUT2D eigenvalue weighted by Crippen LogP contribution is -2.43. The van der Waals surface area contributed by atoms with Crippen molar-refractivity contribution in [3.63, 3.8) is 0 Å². The van der Waals surface area contributed by atoms with Gasteiger partial charge in [-0.1, -0.05) is 13.8 Å². The Balaban J connectivity index is 2.02. The predicted molar refractivity (Wildman–Crippen MR) is 75.8 cm³/mol. The van der Waals surface area contributed by atoms with Crippen molar-refractivity contribution in [3.05, 3.63) is 12.3 Å². The van der Waals surface area contributed by atoms with E-state index in [2.05, 4.69) is 34.6 Å². The lowest BCUT2D eigenvalue weighted by atomic mass is 9.86. The van der Waals surface area contributed by atoms with Gasteiger partial charge >= 0.3 is 0 Å². The Labute approximate surface area is 114 Å². The van der Waals surface area contributed by atoms with Gasteiger partial charge in [0.25, 0.3) is 0 Å². The van der Waals surface area contributed by atoms with E-state index >= 15 is 0 Å². The lowest BCUT2D eigenvalue weighted by Gasteiger charge is -2.40. The molecule has 4 N–H and O–H groups in total. The van der Waals surface area contributed by atoms with E-state index in [-0.39, 0.29) is 5.60 Å². The maximum atomic E-state index is 5.97. The highest BCUT2D eigenvalue weighted by molar-refractivity contribution is 5.39. The number of nitrogens with zero attached hydrogens (tertiary/aromatic N) is 2. The summed E-state index contributed by atoms with van der Waals surface area (Å²) < 4.78 is 5.97. The fourth-order valence-corrected chi connectivity index (χ4v) is 2.61. The minimum atomic E-state index is 0.0118. The summed E-state index contributed by atoms with van der Waals surface area (Å²) in [5.74, 6) is 6.54. The highest BCUT2D eigenvalue weighted by atomic mass is 16.5. The number of anilines is 2. The number of nitrogens with two attached hydrogens (primary N) is 1. The van der Waals surface area contributed by atoms with Crippen molar-refractivity contribution < 1.29 is 4.74 Å². The molecule has 6 nitrogen and oxygen atoms in total. The van der Waals surface area contributed by atoms with E-state index in [0.29, 0.717) is 12.0 Å². The first-order valence-electron chi connectivity index (χ1n) is 6.91. The van der Waals surface area contributed by atoms with Gasteiger partial charge in [-0.15, -0.1) is 0 Å². The van der Waals surface area contributed by atoms with Gasteiger partial charge in [-0.05, 0) is 31.7 Å². The largest absolute Gasteiger partial charge is 0.375 e. The molecule has 19 heavy (non-hydrogen) atoms. The molecule has 1 atom stereocenters. The third kappa shape index (κ3) is 3.33. The van der Waals surface area contributed by atoms with Crippen LogP contribution in [-0.4, -0.2) is 28.2 Å². The molecule has 0 amide bonds. The normalized spacial score (nSPS) is 21.9. The van der Waals surface area contributed by atoms with Crippen molar-refractivity contribution in [2.75, 3.05) is 17.3 Å². The second-order valence-electron chi connectivity index (χ2n) is 4.98. The number of hydrazine groups is 1. The van der Waals surface area contributed by atoms with E-state index in [9.17, 15) is 0 Å². The number of hydrogen-bond acceptors (Lipinski definition) is 6. The van der Waals surface area contributed by atoms with Crippen LogP contribution in [0.25, 0.3) is 0 Å². The topological polar surface area (TPSA) is 85.1 Å². The van der Waals surface area contributed by atoms with Crippen LogP contribution in [0.2, 0.25) is 0 Å². The molecule has 106 valence electrons. The average Bonchev–Trinajstić information content (AvgIpc) is 2.47. The Morgan fingerprint density at radius 1 is 1.47 bits per heavy atom. The molecule has 0 aromatic carbocycles. The van der Waals surface area contributed by atoms with Crippen LogP contribution < -0.4 is 16.6 Å². The summed E-state index contributed by atoms with van der Waals surface area (Å²) in [6.45, 7) is 5.17. The summed E-state index contributed by atoms with van der Waals surface area (Å²) in [7, 11) is 0. The van der Waals surface area contributed by atoms with Crippen LogP contribution in [-0.2, 0) is 4.74 Å². The number of rotatable bonds is 5. The zero-order valence-electron chi connectivity index (χ0n) is 11.6. The molecule has 6 heteroatoms. The van der Waals surface area contributed by atoms with Crippen LogP contribution >= 0.6 is 0 Å². The molecule has 2 heterocycles. The Bertz CT molecular complexity index is 408. The molecule has 1 aromatic rings. The van der Waals surface area contributed by atoms with Gasteiger partial charge in [-0.2, -0.15) is 4.98 Å². The first-order valence-corrected chi connectivity index (χ1v) is 6.91. The fraction of sp³-hybridized carbons (Fsp3) is 0.692. The fourth-order valence-electron chi connectivity index (χ4n) is 2.61. The summed E-state index contributed by atoms with van der Waals surface area (Å²) in [5, 5.41) is 3.45. The zero-order valence-corrected chi connectivity index (χ0v) is 11.6. The minimum Gasteiger partial charge on any atom is -0.375 e. The molecule has 1 fully saturated rings. The maximum Gasteiger partial charge on any atom is 0.239 e. The Kier molecular flexibility index (Phi) is 4.55. The Hall–Kier alpha value is -1.40. The number of nitrogens with one attached hydrogen (secondary N) is 2. The van der Waals surface area contributed by atoms with Crippen molar-refractivity contribution in [1.82, 2.24) is 9.97 Å². The molecular weight excluding hydrogens is 242 g/mol. The van der Waals surface area contributed by atoms with Crippen LogP contribution in [0.4, 0.5) is 11.8 Å². The van der Waals surface area contributed by atoms with Crippen molar-refractivity contribution in [2.24, 2.45) is 5.84 Å². The lowest BCUT2D eigenvalue weighted by molar-refractivity contribution is -0.0864. The second-order valence-corrected chi connectivity index (χ2v) is 4.98. The molecule has 0 aliphatic carbocycles. The molecule has 0 bridgehead atoms. The van der Waals surface area contributed by atoms with E-state index < -0.39 is 0 Å². The first-order chi connectivity index (χ1) is 9.21. The molecule has 0 saturated carbocycles. The van der Waals surface area contributed by atoms with Gasteiger partial charge in [0.15, 0.2) is 0 Å². The summed E-state index contributed by atoms with van der Waals surface area (Å²) in [5.41, 5.74) is 2.47. The second kappa shape index (κ2) is 6.16. The van der Waals surface area contributed by atoms with Crippen molar-refractivity contribution in [1.29, 1.82) is 0 Å². The van der Waals surface area contributed by atoms with Gasteiger partial charge < -0.3 is 10.1 Å². The molecule has 0 spiro atoms. The summed E-state index contributed by atoms with van der Waals surface area (Å²) >= 11 is 0. The minimum absolute atomic E-state index is 0.0118. The van der Waals surface area contributed by atoms with Crippen LogP contribution in [0.5, 0.6) is 0 Å². The third-order valence-corrected chi connectivity index (χ3v) is 3.92. The van der Waals surface area contributed by atoms with Gasteiger partial charge in [0.05, 0.1) is 5.60 Å². The van der Waals surface area contributed by atoms with Gasteiger partial charge in [-0.25, -0.2) is 10.8 Å². The van der Waals surface area contributed by atoms with Gasteiger partial charge in [0.1, 0.15) is 5.82 Å². The molecule has 1 aliphatic rings. The van der Waals surface area contributed by atoms with Gasteiger partial charge in [0, 0.05) is 18.8 Å². The average molecular weight is 265 g/mol. The number of hydrogen-bond donors (Lipinski definition) is 3. The molecule has 1 aromatic heterocycles. The number of ether oxygens (including phenoxy) is 1. The standard InChI is InChI=1S/C13H23N5O/c1-3-13(4-2)9-10(6-8-19-13)16-11-5-7-15-12(17-11)18-14/h5,7,10H,3-4,6,8-9,14H2,1-2H3,(H2,15,16,17,18). The van der Waals surface area contributed by atoms with Crippen LogP contribution in [0.1, 0.15) is 39.5 Å². The van der Waals surface area contributed by atoms with E-state index in [0.717, 1.165) is 38.1 Å². The van der Waals surface area contributed by atoms with Crippen molar-refractivity contribution in [3.8, 4) is 0 Å². The molecule has 1 unspecified atom stereocenters. The van der Waals surface area contributed by atoms with E-state index in [1.54, 1.807) is 6.20 Å². The quantitative estimate of drug-likeness (QED) is 0.557. The van der Waals surface area contributed by atoms with Crippen LogP contribution in [0.3, 0.4) is 0 Å². The summed E-state index contributed by atoms with van der Waals surface area (Å²) in [6, 6.07) is 2.24. The molecule has 0 radical (unpaired) electrons. The molecule has 1 aliphatic heterocycles. The van der Waals surface area contributed by atoms with Crippen molar-refractivity contribution >= 4 is 11.8 Å². The summed E-state index contributed by atoms with van der Waals surface area (Å²) in [4.78, 5) is 8.29. The van der Waals surface area contributed by atoms with Crippen LogP contribution in [0, 0.1) is 0 Å². The smallest absolute Gasteiger partial charge is 0.239 e. The van der Waals surface area contributed by atoms with Crippen LogP contribution in [0.15, 0.2) is 12.3 Å². The number of aromatic nitrogens is 2. The zero-order chi connectivity index (χ0) is 13.7. The van der Waals surface area contributed by atoms with E-state index in [4.69, 9.17) is 10.6 Å².